The van der Waals surface area contributed by atoms with E-state index in [0.29, 0.717) is 17.6 Å². The molecule has 20 heavy (non-hydrogen) atoms. The number of pyridine rings is 1. The van der Waals surface area contributed by atoms with Crippen LogP contribution in [0.3, 0.4) is 0 Å². The number of carbonyl (C=O) groups excluding carboxylic acids is 1. The molecule has 5 heteroatoms. The van der Waals surface area contributed by atoms with Crippen LogP contribution >= 0.6 is 0 Å². The first-order valence-corrected chi connectivity index (χ1v) is 7.27. The third-order valence-electron chi connectivity index (χ3n) is 3.90. The van der Waals surface area contributed by atoms with Gasteiger partial charge in [0.2, 0.25) is 0 Å². The van der Waals surface area contributed by atoms with Gasteiger partial charge in [-0.25, -0.2) is 9.99 Å². The highest BCUT2D eigenvalue weighted by Gasteiger charge is 2.26. The highest BCUT2D eigenvalue weighted by Crippen LogP contribution is 2.20. The van der Waals surface area contributed by atoms with Crippen molar-refractivity contribution in [3.05, 3.63) is 23.4 Å². The molecular weight excluding hydrogens is 252 g/mol. The van der Waals surface area contributed by atoms with Crippen molar-refractivity contribution in [3.63, 3.8) is 0 Å². The summed E-state index contributed by atoms with van der Waals surface area (Å²) >= 11 is 0. The minimum absolute atomic E-state index is 0.0624. The summed E-state index contributed by atoms with van der Waals surface area (Å²) in [7, 11) is 1.80. The van der Waals surface area contributed by atoms with Crippen LogP contribution in [-0.4, -0.2) is 35.0 Å². The molecule has 1 amide bonds. The van der Waals surface area contributed by atoms with E-state index in [1.54, 1.807) is 13.1 Å². The zero-order valence-electron chi connectivity index (χ0n) is 12.7. The van der Waals surface area contributed by atoms with Gasteiger partial charge < -0.3 is 5.32 Å². The minimum Gasteiger partial charge on any atom is -0.373 e. The minimum atomic E-state index is -0.0624. The van der Waals surface area contributed by atoms with Crippen molar-refractivity contribution in [3.8, 4) is 0 Å². The summed E-state index contributed by atoms with van der Waals surface area (Å²) in [6.45, 7) is 6.21. The van der Waals surface area contributed by atoms with E-state index in [9.17, 15) is 4.79 Å². The first-order chi connectivity index (χ1) is 9.51. The van der Waals surface area contributed by atoms with Crippen LogP contribution in [-0.2, 0) is 0 Å². The molecular formula is C15H24N4O. The van der Waals surface area contributed by atoms with E-state index in [0.717, 1.165) is 24.4 Å². The molecule has 0 radical (unpaired) electrons. The Labute approximate surface area is 120 Å². The smallest absolute Gasteiger partial charge is 0.265 e. The van der Waals surface area contributed by atoms with Crippen molar-refractivity contribution in [2.24, 2.45) is 0 Å². The highest BCUT2D eigenvalue weighted by atomic mass is 16.2. The van der Waals surface area contributed by atoms with E-state index in [4.69, 9.17) is 0 Å². The maximum Gasteiger partial charge on any atom is 0.265 e. The topological polar surface area (TPSA) is 57.3 Å². The number of piperidine rings is 1. The fourth-order valence-electron chi connectivity index (χ4n) is 2.75. The van der Waals surface area contributed by atoms with Gasteiger partial charge >= 0.3 is 0 Å². The third-order valence-corrected chi connectivity index (χ3v) is 3.90. The second kappa shape index (κ2) is 6.22. The quantitative estimate of drug-likeness (QED) is 0.889. The van der Waals surface area contributed by atoms with Crippen LogP contribution in [0.15, 0.2) is 12.1 Å². The zero-order chi connectivity index (χ0) is 14.7. The average Bonchev–Trinajstić information content (AvgIpc) is 2.42. The molecule has 1 fully saturated rings. The highest BCUT2D eigenvalue weighted by molar-refractivity contribution is 5.94. The van der Waals surface area contributed by atoms with E-state index >= 15 is 0 Å². The first-order valence-electron chi connectivity index (χ1n) is 7.27. The number of hydrazine groups is 1. The molecule has 110 valence electrons. The third kappa shape index (κ3) is 3.28. The number of anilines is 1. The number of hydrogen-bond acceptors (Lipinski definition) is 4. The number of aryl methyl sites for hydroxylation is 1. The van der Waals surface area contributed by atoms with Crippen molar-refractivity contribution >= 4 is 11.7 Å². The predicted octanol–water partition coefficient (Wildman–Crippen LogP) is 2.34. The fraction of sp³-hybridized carbons (Fsp3) is 0.600. The molecule has 0 spiro atoms. The van der Waals surface area contributed by atoms with Gasteiger partial charge in [0, 0.05) is 30.4 Å². The molecule has 5 nitrogen and oxygen atoms in total. The molecule has 1 aromatic heterocycles. The summed E-state index contributed by atoms with van der Waals surface area (Å²) in [6.07, 6.45) is 3.48. The lowest BCUT2D eigenvalue weighted by Gasteiger charge is -2.38. The Bertz CT molecular complexity index is 479. The lowest BCUT2D eigenvalue weighted by atomic mass is 10.00. The molecule has 0 saturated carbocycles. The van der Waals surface area contributed by atoms with Crippen LogP contribution in [0.25, 0.3) is 0 Å². The largest absolute Gasteiger partial charge is 0.373 e. The molecule has 2 unspecified atom stereocenters. The number of amides is 1. The van der Waals surface area contributed by atoms with E-state index in [2.05, 4.69) is 34.6 Å². The summed E-state index contributed by atoms with van der Waals surface area (Å²) in [5, 5.41) is 5.06. The van der Waals surface area contributed by atoms with Crippen LogP contribution in [0.2, 0.25) is 0 Å². The monoisotopic (exact) mass is 276 g/mol. The Morgan fingerprint density at radius 3 is 2.55 bits per heavy atom. The van der Waals surface area contributed by atoms with Gasteiger partial charge in [0.25, 0.3) is 5.91 Å². The Balaban J connectivity index is 2.13. The summed E-state index contributed by atoms with van der Waals surface area (Å²) in [4.78, 5) is 16.7. The van der Waals surface area contributed by atoms with Crippen molar-refractivity contribution in [1.29, 1.82) is 0 Å². The van der Waals surface area contributed by atoms with Gasteiger partial charge in [0.15, 0.2) is 0 Å². The van der Waals surface area contributed by atoms with Gasteiger partial charge in [-0.2, -0.15) is 0 Å². The van der Waals surface area contributed by atoms with Crippen LogP contribution in [0.5, 0.6) is 0 Å². The number of nitrogens with zero attached hydrogens (tertiary/aromatic N) is 2. The second-order valence-electron chi connectivity index (χ2n) is 5.61. The standard InChI is InChI=1S/C15H24N4O/c1-10-8-13(9-14(16-4)17-10)15(20)18-19-11(2)6-5-7-12(19)3/h8-9,11-12H,5-7H2,1-4H3,(H,16,17)(H,18,20). The van der Waals surface area contributed by atoms with Crippen LogP contribution in [0.1, 0.15) is 49.2 Å². The molecule has 2 N–H and O–H groups in total. The molecule has 2 heterocycles. The molecule has 1 saturated heterocycles. The summed E-state index contributed by atoms with van der Waals surface area (Å²) in [6, 6.07) is 4.36. The van der Waals surface area contributed by atoms with Gasteiger partial charge in [0.05, 0.1) is 0 Å². The normalized spacial score (nSPS) is 23.4. The van der Waals surface area contributed by atoms with Crippen molar-refractivity contribution in [1.82, 2.24) is 15.4 Å². The Kier molecular flexibility index (Phi) is 4.60. The number of nitrogens with one attached hydrogen (secondary N) is 2. The van der Waals surface area contributed by atoms with E-state index in [1.165, 1.54) is 6.42 Å². The van der Waals surface area contributed by atoms with Crippen LogP contribution in [0.4, 0.5) is 5.82 Å². The van der Waals surface area contributed by atoms with E-state index in [-0.39, 0.29) is 5.91 Å². The van der Waals surface area contributed by atoms with Gasteiger partial charge in [0.1, 0.15) is 5.82 Å². The van der Waals surface area contributed by atoms with Crippen molar-refractivity contribution < 1.29 is 4.79 Å². The summed E-state index contributed by atoms with van der Waals surface area (Å²) < 4.78 is 0. The SMILES string of the molecule is CNc1cc(C(=O)NN2C(C)CCCC2C)cc(C)n1. The Hall–Kier alpha value is -1.62. The number of carbonyl (C=O) groups is 1. The molecule has 2 rings (SSSR count). The van der Waals surface area contributed by atoms with Crippen LogP contribution in [0, 0.1) is 6.92 Å². The van der Waals surface area contributed by atoms with Crippen molar-refractivity contribution in [2.75, 3.05) is 12.4 Å². The number of hydrogen-bond donors (Lipinski definition) is 2. The van der Waals surface area contributed by atoms with Gasteiger partial charge in [-0.15, -0.1) is 0 Å². The Morgan fingerprint density at radius 2 is 1.95 bits per heavy atom. The van der Waals surface area contributed by atoms with Crippen molar-refractivity contribution in [2.45, 2.75) is 52.1 Å². The molecule has 1 aromatic rings. The fourth-order valence-corrected chi connectivity index (χ4v) is 2.75. The Morgan fingerprint density at radius 1 is 1.30 bits per heavy atom. The van der Waals surface area contributed by atoms with Gasteiger partial charge in [-0.1, -0.05) is 6.42 Å². The number of aromatic nitrogens is 1. The molecule has 1 aliphatic rings. The van der Waals surface area contributed by atoms with Crippen LogP contribution < -0.4 is 10.7 Å². The molecule has 1 aliphatic heterocycles. The van der Waals surface area contributed by atoms with E-state index < -0.39 is 0 Å². The molecule has 0 aromatic carbocycles. The zero-order valence-corrected chi connectivity index (χ0v) is 12.7. The molecule has 2 atom stereocenters. The first kappa shape index (κ1) is 14.8. The maximum atomic E-state index is 12.4. The second-order valence-corrected chi connectivity index (χ2v) is 5.61. The predicted molar refractivity (Wildman–Crippen MR) is 80.6 cm³/mol. The average molecular weight is 276 g/mol. The van der Waals surface area contributed by atoms with E-state index in [1.807, 2.05) is 13.0 Å². The lowest BCUT2D eigenvalue weighted by Crippen LogP contribution is -2.54. The summed E-state index contributed by atoms with van der Waals surface area (Å²) in [5.41, 5.74) is 4.53. The molecule has 0 bridgehead atoms. The summed E-state index contributed by atoms with van der Waals surface area (Å²) in [5.74, 6) is 0.655. The van der Waals surface area contributed by atoms with Gasteiger partial charge in [-0.05, 0) is 45.7 Å². The maximum absolute atomic E-state index is 12.4. The van der Waals surface area contributed by atoms with Gasteiger partial charge in [-0.3, -0.25) is 10.2 Å². The molecule has 0 aliphatic carbocycles. The lowest BCUT2D eigenvalue weighted by molar-refractivity contribution is 0.0369. The number of rotatable bonds is 3.